The second-order valence-corrected chi connectivity index (χ2v) is 5.70. The number of halogens is 1. The molecule has 3 unspecified atom stereocenters. The predicted octanol–water partition coefficient (Wildman–Crippen LogP) is 4.19. The lowest BCUT2D eigenvalue weighted by atomic mass is 9.89. The highest BCUT2D eigenvalue weighted by Gasteiger charge is 2.38. The summed E-state index contributed by atoms with van der Waals surface area (Å²) < 4.78 is 0. The fraction of sp³-hybridized carbons (Fsp3) is 0.571. The molecule has 0 heterocycles. The number of benzene rings is 1. The number of para-hydroxylation sites is 1. The maximum Gasteiger partial charge on any atom is 0.0637 e. The molecular formula is C14H18ClN. The van der Waals surface area contributed by atoms with Gasteiger partial charge < -0.3 is 5.32 Å². The zero-order valence-electron chi connectivity index (χ0n) is 9.45. The molecule has 0 radical (unpaired) electrons. The van der Waals surface area contributed by atoms with Crippen molar-refractivity contribution in [2.24, 2.45) is 17.8 Å². The third-order valence-corrected chi connectivity index (χ3v) is 4.64. The Morgan fingerprint density at radius 1 is 1.19 bits per heavy atom. The summed E-state index contributed by atoms with van der Waals surface area (Å²) in [5, 5.41) is 4.35. The van der Waals surface area contributed by atoms with Crippen molar-refractivity contribution in [1.82, 2.24) is 0 Å². The van der Waals surface area contributed by atoms with E-state index in [-0.39, 0.29) is 0 Å². The van der Waals surface area contributed by atoms with Gasteiger partial charge >= 0.3 is 0 Å². The second-order valence-electron chi connectivity index (χ2n) is 5.30. The van der Waals surface area contributed by atoms with Gasteiger partial charge in [0, 0.05) is 6.54 Å². The smallest absolute Gasteiger partial charge is 0.0637 e. The molecule has 2 aliphatic rings. The first-order valence-electron chi connectivity index (χ1n) is 6.31. The third kappa shape index (κ3) is 1.93. The van der Waals surface area contributed by atoms with Gasteiger partial charge in [0.1, 0.15) is 0 Å². The molecule has 1 aromatic carbocycles. The van der Waals surface area contributed by atoms with Gasteiger partial charge in [0.2, 0.25) is 0 Å². The molecule has 0 aliphatic heterocycles. The van der Waals surface area contributed by atoms with E-state index >= 15 is 0 Å². The lowest BCUT2D eigenvalue weighted by Gasteiger charge is -2.22. The summed E-state index contributed by atoms with van der Waals surface area (Å²) in [7, 11) is 0. The molecule has 86 valence electrons. The molecule has 2 bridgehead atoms. The number of hydrogen-bond acceptors (Lipinski definition) is 1. The van der Waals surface area contributed by atoms with Gasteiger partial charge in [0.25, 0.3) is 0 Å². The van der Waals surface area contributed by atoms with Crippen molar-refractivity contribution in [3.8, 4) is 0 Å². The topological polar surface area (TPSA) is 12.0 Å². The molecule has 0 saturated heterocycles. The molecule has 2 aliphatic carbocycles. The Hall–Kier alpha value is -0.690. The largest absolute Gasteiger partial charge is 0.384 e. The van der Waals surface area contributed by atoms with E-state index in [2.05, 4.69) is 11.4 Å². The first-order chi connectivity index (χ1) is 7.83. The van der Waals surface area contributed by atoms with Gasteiger partial charge in [0.15, 0.2) is 0 Å². The van der Waals surface area contributed by atoms with E-state index in [1.54, 1.807) is 0 Å². The van der Waals surface area contributed by atoms with Crippen molar-refractivity contribution in [2.75, 3.05) is 11.9 Å². The molecule has 0 spiro atoms. The Morgan fingerprint density at radius 2 is 2.06 bits per heavy atom. The second kappa shape index (κ2) is 4.29. The molecule has 3 rings (SSSR count). The van der Waals surface area contributed by atoms with Crippen LogP contribution >= 0.6 is 11.6 Å². The highest BCUT2D eigenvalue weighted by molar-refractivity contribution is 6.33. The quantitative estimate of drug-likeness (QED) is 0.829. The van der Waals surface area contributed by atoms with Gasteiger partial charge in [-0.25, -0.2) is 0 Å². The van der Waals surface area contributed by atoms with E-state index in [0.29, 0.717) is 0 Å². The van der Waals surface area contributed by atoms with Crippen LogP contribution in [-0.4, -0.2) is 6.54 Å². The average molecular weight is 236 g/mol. The first-order valence-corrected chi connectivity index (χ1v) is 6.69. The standard InChI is InChI=1S/C14H18ClN/c15-13-3-1-2-4-14(13)16-9-12-8-10-5-6-11(12)7-10/h1-4,10-12,16H,5-9H2. The van der Waals surface area contributed by atoms with Crippen LogP contribution in [0.3, 0.4) is 0 Å². The molecule has 2 saturated carbocycles. The number of anilines is 1. The Balaban J connectivity index is 1.59. The predicted molar refractivity (Wildman–Crippen MR) is 68.9 cm³/mol. The minimum atomic E-state index is 0.839. The van der Waals surface area contributed by atoms with Crippen LogP contribution in [0.15, 0.2) is 24.3 Å². The van der Waals surface area contributed by atoms with E-state index in [9.17, 15) is 0 Å². The van der Waals surface area contributed by atoms with Crippen molar-refractivity contribution >= 4 is 17.3 Å². The van der Waals surface area contributed by atoms with Crippen LogP contribution in [0.1, 0.15) is 25.7 Å². The minimum Gasteiger partial charge on any atom is -0.384 e. The zero-order chi connectivity index (χ0) is 11.0. The Morgan fingerprint density at radius 3 is 2.75 bits per heavy atom. The fourth-order valence-electron chi connectivity index (χ4n) is 3.47. The highest BCUT2D eigenvalue weighted by atomic mass is 35.5. The minimum absolute atomic E-state index is 0.839. The summed E-state index contributed by atoms with van der Waals surface area (Å²) in [6, 6.07) is 8.03. The normalized spacial score (nSPS) is 31.9. The van der Waals surface area contributed by atoms with Gasteiger partial charge in [-0.15, -0.1) is 0 Å². The molecule has 1 N–H and O–H groups in total. The number of fused-ring (bicyclic) bond motifs is 2. The molecule has 2 fully saturated rings. The Bertz CT molecular complexity index is 377. The molecule has 0 aromatic heterocycles. The van der Waals surface area contributed by atoms with E-state index in [1.165, 1.54) is 25.7 Å². The monoisotopic (exact) mass is 235 g/mol. The Kier molecular flexibility index (Phi) is 2.81. The van der Waals surface area contributed by atoms with Crippen LogP contribution in [0.5, 0.6) is 0 Å². The van der Waals surface area contributed by atoms with Gasteiger partial charge in [-0.3, -0.25) is 0 Å². The summed E-state index contributed by atoms with van der Waals surface area (Å²) in [5.74, 6) is 2.90. The van der Waals surface area contributed by atoms with Crippen molar-refractivity contribution in [3.63, 3.8) is 0 Å². The summed E-state index contributed by atoms with van der Waals surface area (Å²) >= 11 is 6.13. The molecule has 0 amide bonds. The van der Waals surface area contributed by atoms with Gasteiger partial charge in [0.05, 0.1) is 10.7 Å². The zero-order valence-corrected chi connectivity index (χ0v) is 10.2. The van der Waals surface area contributed by atoms with Crippen LogP contribution in [0.2, 0.25) is 5.02 Å². The first kappa shape index (κ1) is 10.5. The van der Waals surface area contributed by atoms with Gasteiger partial charge in [-0.2, -0.15) is 0 Å². The van der Waals surface area contributed by atoms with Crippen molar-refractivity contribution < 1.29 is 0 Å². The number of rotatable bonds is 3. The molecule has 2 heteroatoms. The summed E-state index contributed by atoms with van der Waals surface area (Å²) in [6.07, 6.45) is 5.85. The van der Waals surface area contributed by atoms with E-state index in [0.717, 1.165) is 35.0 Å². The highest BCUT2D eigenvalue weighted by Crippen LogP contribution is 2.48. The van der Waals surface area contributed by atoms with Crippen LogP contribution in [0.4, 0.5) is 5.69 Å². The maximum atomic E-state index is 6.13. The summed E-state index contributed by atoms with van der Waals surface area (Å²) in [6.45, 7) is 1.10. The number of hydrogen-bond donors (Lipinski definition) is 1. The van der Waals surface area contributed by atoms with Gasteiger partial charge in [-0.1, -0.05) is 30.2 Å². The van der Waals surface area contributed by atoms with Crippen molar-refractivity contribution in [1.29, 1.82) is 0 Å². The van der Waals surface area contributed by atoms with E-state index < -0.39 is 0 Å². The molecular weight excluding hydrogens is 218 g/mol. The molecule has 1 nitrogen and oxygen atoms in total. The molecule has 1 aromatic rings. The number of nitrogens with one attached hydrogen (secondary N) is 1. The summed E-state index contributed by atoms with van der Waals surface area (Å²) in [5.41, 5.74) is 1.09. The van der Waals surface area contributed by atoms with Crippen LogP contribution in [0.25, 0.3) is 0 Å². The Labute approximate surface area is 102 Å². The molecule has 16 heavy (non-hydrogen) atoms. The average Bonchev–Trinajstić information content (AvgIpc) is 2.90. The van der Waals surface area contributed by atoms with E-state index in [1.807, 2.05) is 18.2 Å². The SMILES string of the molecule is Clc1ccccc1NCC1CC2CCC1C2. The van der Waals surface area contributed by atoms with Gasteiger partial charge in [-0.05, 0) is 49.1 Å². The van der Waals surface area contributed by atoms with Crippen molar-refractivity contribution in [2.45, 2.75) is 25.7 Å². The van der Waals surface area contributed by atoms with Crippen LogP contribution in [0, 0.1) is 17.8 Å². The third-order valence-electron chi connectivity index (χ3n) is 4.31. The summed E-state index contributed by atoms with van der Waals surface area (Å²) in [4.78, 5) is 0. The van der Waals surface area contributed by atoms with Crippen LogP contribution in [-0.2, 0) is 0 Å². The lowest BCUT2D eigenvalue weighted by molar-refractivity contribution is 0.348. The lowest BCUT2D eigenvalue weighted by Crippen LogP contribution is -2.20. The molecule has 3 atom stereocenters. The van der Waals surface area contributed by atoms with Crippen LogP contribution < -0.4 is 5.32 Å². The maximum absolute atomic E-state index is 6.13. The van der Waals surface area contributed by atoms with E-state index in [4.69, 9.17) is 11.6 Å². The van der Waals surface area contributed by atoms with Crippen molar-refractivity contribution in [3.05, 3.63) is 29.3 Å². The fourth-order valence-corrected chi connectivity index (χ4v) is 3.67.